The van der Waals surface area contributed by atoms with E-state index >= 15 is 0 Å². The van der Waals surface area contributed by atoms with Crippen LogP contribution in [0.4, 0.5) is 0 Å². The highest BCUT2D eigenvalue weighted by molar-refractivity contribution is 5.95. The minimum absolute atomic E-state index is 0.268. The maximum atomic E-state index is 5.83. The number of ether oxygens (including phenoxy) is 1. The molecule has 17 heavy (non-hydrogen) atoms. The minimum Gasteiger partial charge on any atom is -0.475 e. The molecule has 3 nitrogen and oxygen atoms in total. The Labute approximate surface area is 102 Å². The SMILES string of the molecule is CC1COC(c2ccc(C3(CN)CC3)cc2)=N1. The lowest BCUT2D eigenvalue weighted by Crippen LogP contribution is -2.19. The van der Waals surface area contributed by atoms with Gasteiger partial charge in [-0.05, 0) is 37.5 Å². The van der Waals surface area contributed by atoms with Crippen molar-refractivity contribution >= 4 is 5.90 Å². The molecule has 1 aromatic rings. The molecule has 1 atom stereocenters. The summed E-state index contributed by atoms with van der Waals surface area (Å²) >= 11 is 0. The van der Waals surface area contributed by atoms with E-state index in [0.717, 1.165) is 18.0 Å². The van der Waals surface area contributed by atoms with Gasteiger partial charge in [0.1, 0.15) is 6.61 Å². The summed E-state index contributed by atoms with van der Waals surface area (Å²) in [6.07, 6.45) is 2.44. The van der Waals surface area contributed by atoms with E-state index in [1.165, 1.54) is 18.4 Å². The van der Waals surface area contributed by atoms with Crippen LogP contribution in [0.15, 0.2) is 29.3 Å². The third-order valence-corrected chi connectivity index (χ3v) is 3.79. The lowest BCUT2D eigenvalue weighted by Gasteiger charge is -2.13. The fourth-order valence-electron chi connectivity index (χ4n) is 2.36. The quantitative estimate of drug-likeness (QED) is 0.861. The Morgan fingerprint density at radius 1 is 1.35 bits per heavy atom. The van der Waals surface area contributed by atoms with Crippen molar-refractivity contribution < 1.29 is 4.74 Å². The van der Waals surface area contributed by atoms with Gasteiger partial charge in [0.2, 0.25) is 5.90 Å². The van der Waals surface area contributed by atoms with Crippen LogP contribution in [0.3, 0.4) is 0 Å². The second-order valence-electron chi connectivity index (χ2n) is 5.16. The van der Waals surface area contributed by atoms with E-state index in [1.54, 1.807) is 0 Å². The minimum atomic E-state index is 0.268. The van der Waals surface area contributed by atoms with E-state index in [2.05, 4.69) is 36.2 Å². The van der Waals surface area contributed by atoms with Crippen LogP contribution < -0.4 is 5.73 Å². The Bertz CT molecular complexity index is 446. The third kappa shape index (κ3) is 1.84. The maximum absolute atomic E-state index is 5.83. The Morgan fingerprint density at radius 3 is 2.53 bits per heavy atom. The summed E-state index contributed by atoms with van der Waals surface area (Å²) in [5.41, 5.74) is 8.53. The number of aliphatic imine (C=N–C) groups is 1. The zero-order valence-electron chi connectivity index (χ0n) is 10.1. The van der Waals surface area contributed by atoms with Gasteiger partial charge in [-0.15, -0.1) is 0 Å². The lowest BCUT2D eigenvalue weighted by molar-refractivity contribution is 0.324. The fourth-order valence-corrected chi connectivity index (χ4v) is 2.36. The van der Waals surface area contributed by atoms with E-state index < -0.39 is 0 Å². The van der Waals surface area contributed by atoms with Crippen LogP contribution in [0, 0.1) is 0 Å². The molecule has 0 bridgehead atoms. The molecule has 3 rings (SSSR count). The van der Waals surface area contributed by atoms with E-state index in [4.69, 9.17) is 10.5 Å². The Kier molecular flexibility index (Phi) is 2.44. The summed E-state index contributed by atoms with van der Waals surface area (Å²) in [7, 11) is 0. The number of hydrogen-bond donors (Lipinski definition) is 1. The van der Waals surface area contributed by atoms with E-state index in [0.29, 0.717) is 6.61 Å². The first-order valence-electron chi connectivity index (χ1n) is 6.25. The molecular weight excluding hydrogens is 212 g/mol. The number of hydrogen-bond acceptors (Lipinski definition) is 3. The van der Waals surface area contributed by atoms with Crippen LogP contribution in [0.2, 0.25) is 0 Å². The van der Waals surface area contributed by atoms with Gasteiger partial charge >= 0.3 is 0 Å². The summed E-state index contributed by atoms with van der Waals surface area (Å²) in [4.78, 5) is 4.46. The molecule has 1 unspecified atom stereocenters. The number of nitrogens with zero attached hydrogens (tertiary/aromatic N) is 1. The standard InChI is InChI=1S/C14H18N2O/c1-10-8-17-13(16-10)11-2-4-12(5-3-11)14(9-15)6-7-14/h2-5,10H,6-9,15H2,1H3. The normalized spacial score (nSPS) is 25.3. The number of rotatable bonds is 3. The van der Waals surface area contributed by atoms with Crippen LogP contribution in [0.5, 0.6) is 0 Å². The molecular formula is C14H18N2O. The Hall–Kier alpha value is -1.35. The molecule has 90 valence electrons. The zero-order chi connectivity index (χ0) is 11.9. The fraction of sp³-hybridized carbons (Fsp3) is 0.500. The second kappa shape index (κ2) is 3.84. The van der Waals surface area contributed by atoms with Crippen molar-refractivity contribution in [1.29, 1.82) is 0 Å². The van der Waals surface area contributed by atoms with Gasteiger partial charge in [-0.1, -0.05) is 12.1 Å². The molecule has 0 radical (unpaired) electrons. The van der Waals surface area contributed by atoms with Crippen LogP contribution in [0.1, 0.15) is 30.9 Å². The summed E-state index contributed by atoms with van der Waals surface area (Å²) in [6, 6.07) is 8.82. The summed E-state index contributed by atoms with van der Waals surface area (Å²) < 4.78 is 5.54. The van der Waals surface area contributed by atoms with Gasteiger partial charge in [-0.3, -0.25) is 0 Å². The highest BCUT2D eigenvalue weighted by Gasteiger charge is 2.42. The van der Waals surface area contributed by atoms with Crippen molar-refractivity contribution in [3.8, 4) is 0 Å². The van der Waals surface area contributed by atoms with Crippen molar-refractivity contribution in [1.82, 2.24) is 0 Å². The van der Waals surface area contributed by atoms with Gasteiger partial charge in [0.25, 0.3) is 0 Å². The van der Waals surface area contributed by atoms with Crippen molar-refractivity contribution in [2.45, 2.75) is 31.2 Å². The van der Waals surface area contributed by atoms with Crippen molar-refractivity contribution in [2.75, 3.05) is 13.2 Å². The average Bonchev–Trinajstić information content (AvgIpc) is 3.06. The number of benzene rings is 1. The highest BCUT2D eigenvalue weighted by Crippen LogP contribution is 2.47. The first kappa shape index (κ1) is 10.8. The molecule has 0 aromatic heterocycles. The predicted octanol–water partition coefficient (Wildman–Crippen LogP) is 1.84. The molecule has 1 fully saturated rings. The molecule has 0 spiro atoms. The maximum Gasteiger partial charge on any atom is 0.216 e. The molecule has 3 heteroatoms. The first-order valence-corrected chi connectivity index (χ1v) is 6.25. The first-order chi connectivity index (χ1) is 8.23. The average molecular weight is 230 g/mol. The monoisotopic (exact) mass is 230 g/mol. The molecule has 1 aromatic carbocycles. The lowest BCUT2D eigenvalue weighted by atomic mass is 9.95. The molecule has 1 heterocycles. The Morgan fingerprint density at radius 2 is 2.06 bits per heavy atom. The largest absolute Gasteiger partial charge is 0.475 e. The molecule has 1 saturated carbocycles. The molecule has 0 amide bonds. The van der Waals surface area contributed by atoms with Crippen molar-refractivity contribution in [3.63, 3.8) is 0 Å². The van der Waals surface area contributed by atoms with E-state index in [-0.39, 0.29) is 11.5 Å². The molecule has 1 aliphatic heterocycles. The molecule has 2 N–H and O–H groups in total. The summed E-state index contributed by atoms with van der Waals surface area (Å²) in [5.74, 6) is 0.779. The van der Waals surface area contributed by atoms with Crippen molar-refractivity contribution in [3.05, 3.63) is 35.4 Å². The zero-order valence-corrected chi connectivity index (χ0v) is 10.1. The van der Waals surface area contributed by atoms with Gasteiger partial charge in [0.15, 0.2) is 0 Å². The van der Waals surface area contributed by atoms with Crippen molar-refractivity contribution in [2.24, 2.45) is 10.7 Å². The second-order valence-corrected chi connectivity index (χ2v) is 5.16. The Balaban J connectivity index is 1.83. The molecule has 1 aliphatic carbocycles. The van der Waals surface area contributed by atoms with Gasteiger partial charge in [-0.25, -0.2) is 4.99 Å². The third-order valence-electron chi connectivity index (χ3n) is 3.79. The van der Waals surface area contributed by atoms with E-state index in [1.807, 2.05) is 0 Å². The van der Waals surface area contributed by atoms with Gasteiger partial charge in [0, 0.05) is 17.5 Å². The van der Waals surface area contributed by atoms with Gasteiger partial charge in [0.05, 0.1) is 6.04 Å². The van der Waals surface area contributed by atoms with Crippen LogP contribution in [0.25, 0.3) is 0 Å². The van der Waals surface area contributed by atoms with Gasteiger partial charge in [-0.2, -0.15) is 0 Å². The topological polar surface area (TPSA) is 47.6 Å². The summed E-state index contributed by atoms with van der Waals surface area (Å²) in [6.45, 7) is 3.51. The number of nitrogens with two attached hydrogens (primary N) is 1. The molecule has 0 saturated heterocycles. The van der Waals surface area contributed by atoms with Crippen LogP contribution in [-0.2, 0) is 10.2 Å². The predicted molar refractivity (Wildman–Crippen MR) is 68.4 cm³/mol. The van der Waals surface area contributed by atoms with Crippen LogP contribution in [-0.4, -0.2) is 25.1 Å². The highest BCUT2D eigenvalue weighted by atomic mass is 16.5. The van der Waals surface area contributed by atoms with Gasteiger partial charge < -0.3 is 10.5 Å². The van der Waals surface area contributed by atoms with Crippen LogP contribution >= 0.6 is 0 Å². The summed E-state index contributed by atoms with van der Waals surface area (Å²) in [5, 5.41) is 0. The van der Waals surface area contributed by atoms with E-state index in [9.17, 15) is 0 Å². The smallest absolute Gasteiger partial charge is 0.216 e. The molecule has 2 aliphatic rings.